The van der Waals surface area contributed by atoms with Gasteiger partial charge in [-0.05, 0) is 24.6 Å². The normalized spacial score (nSPS) is 11.1. The molecule has 0 bridgehead atoms. The zero-order valence-corrected chi connectivity index (χ0v) is 17.5. The van der Waals surface area contributed by atoms with Gasteiger partial charge in [0.05, 0.1) is 22.3 Å². The van der Waals surface area contributed by atoms with Crippen LogP contribution in [0.25, 0.3) is 21.5 Å². The van der Waals surface area contributed by atoms with E-state index >= 15 is 0 Å². The Kier molecular flexibility index (Phi) is 4.67. The molecule has 27 heavy (non-hydrogen) atoms. The van der Waals surface area contributed by atoms with Crippen molar-refractivity contribution in [3.05, 3.63) is 61.2 Å². The maximum atomic E-state index is 12.7. The summed E-state index contributed by atoms with van der Waals surface area (Å²) in [4.78, 5) is 34.8. The maximum Gasteiger partial charge on any atom is 0.267 e. The van der Waals surface area contributed by atoms with Gasteiger partial charge in [-0.2, -0.15) is 0 Å². The lowest BCUT2D eigenvalue weighted by atomic mass is 10.2. The third kappa shape index (κ3) is 3.33. The van der Waals surface area contributed by atoms with Gasteiger partial charge in [-0.1, -0.05) is 28.1 Å². The van der Waals surface area contributed by atoms with E-state index in [-0.39, 0.29) is 11.5 Å². The van der Waals surface area contributed by atoms with Crippen LogP contribution in [0.3, 0.4) is 0 Å². The summed E-state index contributed by atoms with van der Waals surface area (Å²) in [6.07, 6.45) is 1.47. The van der Waals surface area contributed by atoms with E-state index in [1.165, 1.54) is 33.6 Å². The number of hydrogen-bond donors (Lipinski definition) is 1. The van der Waals surface area contributed by atoms with Gasteiger partial charge in [0.15, 0.2) is 5.13 Å². The largest absolute Gasteiger partial charge is 0.302 e. The predicted molar refractivity (Wildman–Crippen MR) is 113 cm³/mol. The number of rotatable bonds is 3. The van der Waals surface area contributed by atoms with Crippen LogP contribution in [0.2, 0.25) is 0 Å². The number of hydrogen-bond acceptors (Lipinski definition) is 6. The van der Waals surface area contributed by atoms with Gasteiger partial charge in [-0.3, -0.25) is 14.9 Å². The van der Waals surface area contributed by atoms with Gasteiger partial charge < -0.3 is 4.57 Å². The third-order valence-electron chi connectivity index (χ3n) is 4.08. The van der Waals surface area contributed by atoms with Crippen molar-refractivity contribution in [3.63, 3.8) is 0 Å². The second-order valence-corrected chi connectivity index (χ2v) is 8.67. The molecule has 4 aromatic rings. The molecule has 9 heteroatoms. The molecule has 6 nitrogen and oxygen atoms in total. The second-order valence-electron chi connectivity index (χ2n) is 5.90. The Labute approximate surface area is 170 Å². The second kappa shape index (κ2) is 6.99. The van der Waals surface area contributed by atoms with Gasteiger partial charge in [0, 0.05) is 22.5 Å². The highest BCUT2D eigenvalue weighted by Gasteiger charge is 2.20. The zero-order chi connectivity index (χ0) is 19.1. The molecule has 3 heterocycles. The summed E-state index contributed by atoms with van der Waals surface area (Å²) in [6, 6.07) is 7.81. The van der Waals surface area contributed by atoms with Crippen LogP contribution in [0.15, 0.2) is 45.2 Å². The van der Waals surface area contributed by atoms with Gasteiger partial charge in [0.25, 0.3) is 11.5 Å². The molecule has 0 atom stereocenters. The number of amides is 1. The summed E-state index contributed by atoms with van der Waals surface area (Å²) in [5.74, 6) is -0.283. The number of carbonyl (C=O) groups is 1. The minimum atomic E-state index is -0.283. The summed E-state index contributed by atoms with van der Waals surface area (Å²) in [5, 5.41) is 5.73. The first kappa shape index (κ1) is 18.0. The lowest BCUT2D eigenvalue weighted by Gasteiger charge is -2.00. The number of carbonyl (C=O) groups excluding carboxylic acids is 1. The van der Waals surface area contributed by atoms with Crippen molar-refractivity contribution in [1.29, 1.82) is 0 Å². The quantitative estimate of drug-likeness (QED) is 0.490. The molecule has 4 rings (SSSR count). The van der Waals surface area contributed by atoms with Crippen LogP contribution >= 0.6 is 38.6 Å². The lowest BCUT2D eigenvalue weighted by Crippen LogP contribution is -2.17. The first-order valence-corrected chi connectivity index (χ1v) is 10.4. The fraction of sp³-hybridized carbons (Fsp3) is 0.111. The molecule has 0 saturated heterocycles. The number of aromatic nitrogens is 3. The SMILES string of the molecule is Cc1c(C(=O)Nc2nc(-c3ccc(Br)cc3)cs2)sc2ncn(C)c(=O)c12. The van der Waals surface area contributed by atoms with Gasteiger partial charge >= 0.3 is 0 Å². The molecular weight excluding hydrogens is 448 g/mol. The van der Waals surface area contributed by atoms with E-state index in [1.807, 2.05) is 29.6 Å². The number of thiazole rings is 1. The van der Waals surface area contributed by atoms with Crippen molar-refractivity contribution in [2.75, 3.05) is 5.32 Å². The molecule has 0 saturated carbocycles. The summed E-state index contributed by atoms with van der Waals surface area (Å²) in [7, 11) is 1.64. The molecule has 0 spiro atoms. The van der Waals surface area contributed by atoms with Crippen LogP contribution in [-0.4, -0.2) is 20.4 Å². The fourth-order valence-electron chi connectivity index (χ4n) is 2.66. The summed E-state index contributed by atoms with van der Waals surface area (Å²) in [5.41, 5.74) is 2.26. The Morgan fingerprint density at radius 3 is 2.74 bits per heavy atom. The average molecular weight is 461 g/mol. The number of nitrogens with one attached hydrogen (secondary N) is 1. The third-order valence-corrected chi connectivity index (χ3v) is 6.57. The van der Waals surface area contributed by atoms with E-state index in [0.717, 1.165) is 15.7 Å². The lowest BCUT2D eigenvalue weighted by molar-refractivity contribution is 0.103. The Morgan fingerprint density at radius 2 is 2.00 bits per heavy atom. The first-order valence-electron chi connectivity index (χ1n) is 7.91. The Bertz CT molecular complexity index is 1220. The van der Waals surface area contributed by atoms with Crippen molar-refractivity contribution in [2.45, 2.75) is 6.92 Å². The standard InChI is InChI=1S/C18H13BrN4O2S2/c1-9-13-16(20-8-23(2)17(13)25)27-14(9)15(24)22-18-21-12(7-26-18)10-3-5-11(19)6-4-10/h3-8H,1-2H3,(H,21,22,24). The van der Waals surface area contributed by atoms with Crippen molar-refractivity contribution >= 4 is 59.9 Å². The van der Waals surface area contributed by atoms with Gasteiger partial charge in [0.2, 0.25) is 0 Å². The molecule has 1 N–H and O–H groups in total. The molecule has 0 aliphatic heterocycles. The van der Waals surface area contributed by atoms with E-state index in [1.54, 1.807) is 14.0 Å². The summed E-state index contributed by atoms with van der Waals surface area (Å²) >= 11 is 5.98. The Morgan fingerprint density at radius 1 is 1.26 bits per heavy atom. The number of halogens is 1. The summed E-state index contributed by atoms with van der Waals surface area (Å²) < 4.78 is 2.41. The van der Waals surface area contributed by atoms with Crippen LogP contribution in [0.5, 0.6) is 0 Å². The molecule has 0 fully saturated rings. The molecule has 3 aromatic heterocycles. The van der Waals surface area contributed by atoms with E-state index < -0.39 is 0 Å². The summed E-state index contributed by atoms with van der Waals surface area (Å²) in [6.45, 7) is 1.77. The van der Waals surface area contributed by atoms with Crippen LogP contribution in [0.1, 0.15) is 15.2 Å². The topological polar surface area (TPSA) is 76.9 Å². The number of benzene rings is 1. The monoisotopic (exact) mass is 460 g/mol. The Balaban J connectivity index is 1.62. The zero-order valence-electron chi connectivity index (χ0n) is 14.3. The number of aryl methyl sites for hydroxylation is 2. The fourth-order valence-corrected chi connectivity index (χ4v) is 4.68. The molecule has 0 radical (unpaired) electrons. The highest BCUT2D eigenvalue weighted by molar-refractivity contribution is 9.10. The molecule has 0 aliphatic carbocycles. The molecule has 1 aromatic carbocycles. The van der Waals surface area contributed by atoms with Crippen molar-refractivity contribution < 1.29 is 4.79 Å². The average Bonchev–Trinajstić information content (AvgIpc) is 3.24. The number of thiophene rings is 1. The van der Waals surface area contributed by atoms with Crippen LogP contribution in [0, 0.1) is 6.92 Å². The highest BCUT2D eigenvalue weighted by atomic mass is 79.9. The molecule has 0 aliphatic rings. The van der Waals surface area contributed by atoms with E-state index in [9.17, 15) is 9.59 Å². The van der Waals surface area contributed by atoms with Crippen molar-refractivity contribution in [2.24, 2.45) is 7.05 Å². The minimum Gasteiger partial charge on any atom is -0.302 e. The Hall–Kier alpha value is -2.36. The van der Waals surface area contributed by atoms with E-state index in [4.69, 9.17) is 0 Å². The molecule has 136 valence electrons. The van der Waals surface area contributed by atoms with Crippen LogP contribution in [0.4, 0.5) is 5.13 Å². The maximum absolute atomic E-state index is 12.7. The number of nitrogens with zero attached hydrogens (tertiary/aromatic N) is 3. The van der Waals surface area contributed by atoms with Crippen LogP contribution < -0.4 is 10.9 Å². The van der Waals surface area contributed by atoms with E-state index in [0.29, 0.717) is 25.8 Å². The number of anilines is 1. The first-order chi connectivity index (χ1) is 12.9. The van der Waals surface area contributed by atoms with Crippen molar-refractivity contribution in [3.8, 4) is 11.3 Å². The van der Waals surface area contributed by atoms with Crippen molar-refractivity contribution in [1.82, 2.24) is 14.5 Å². The molecule has 1 amide bonds. The van der Waals surface area contributed by atoms with Gasteiger partial charge in [-0.25, -0.2) is 9.97 Å². The van der Waals surface area contributed by atoms with Gasteiger partial charge in [-0.15, -0.1) is 22.7 Å². The highest BCUT2D eigenvalue weighted by Crippen LogP contribution is 2.29. The predicted octanol–water partition coefficient (Wildman–Crippen LogP) is 4.44. The smallest absolute Gasteiger partial charge is 0.267 e. The molecule has 0 unspecified atom stereocenters. The van der Waals surface area contributed by atoms with Gasteiger partial charge in [0.1, 0.15) is 4.83 Å². The molecular formula is C18H13BrN4O2S2. The minimum absolute atomic E-state index is 0.153. The number of fused-ring (bicyclic) bond motifs is 1. The van der Waals surface area contributed by atoms with E-state index in [2.05, 4.69) is 31.2 Å². The van der Waals surface area contributed by atoms with Crippen LogP contribution in [-0.2, 0) is 7.05 Å².